The number of hydrogen-bond donors (Lipinski definition) is 2. The van der Waals surface area contributed by atoms with Crippen molar-refractivity contribution in [1.82, 2.24) is 0 Å². The highest BCUT2D eigenvalue weighted by molar-refractivity contribution is 5.82. The van der Waals surface area contributed by atoms with Gasteiger partial charge in [0, 0.05) is 12.8 Å². The molecule has 130 valence electrons. The summed E-state index contributed by atoms with van der Waals surface area (Å²) in [6, 6.07) is 0. The average Bonchev–Trinajstić information content (AvgIpc) is 2.47. The van der Waals surface area contributed by atoms with Gasteiger partial charge in [-0.15, -0.1) is 0 Å². The van der Waals surface area contributed by atoms with Crippen LogP contribution in [0, 0.1) is 0 Å². The minimum atomic E-state index is -0.961. The molecular weight excluding hydrogens is 280 g/mol. The highest BCUT2D eigenvalue weighted by Gasteiger charge is 2.11. The highest BCUT2D eigenvalue weighted by atomic mass is 16.4. The van der Waals surface area contributed by atoms with Crippen molar-refractivity contribution in [2.75, 3.05) is 0 Å². The van der Waals surface area contributed by atoms with E-state index in [0.717, 1.165) is 12.8 Å². The van der Waals surface area contributed by atoms with E-state index in [2.05, 4.69) is 6.92 Å². The molecule has 0 amide bonds. The Hall–Kier alpha value is -0.900. The second kappa shape index (κ2) is 15.0. The number of unbranched alkanes of at least 4 members (excludes halogenated alkanes) is 9. The molecule has 4 heteroatoms. The van der Waals surface area contributed by atoms with Gasteiger partial charge in [-0.05, 0) is 6.42 Å². The molecule has 0 heterocycles. The van der Waals surface area contributed by atoms with E-state index in [1.807, 2.05) is 0 Å². The Labute approximate surface area is 135 Å². The van der Waals surface area contributed by atoms with Crippen LogP contribution in [0.1, 0.15) is 96.8 Å². The van der Waals surface area contributed by atoms with Crippen molar-refractivity contribution < 1.29 is 19.8 Å². The lowest BCUT2D eigenvalue weighted by atomic mass is 10.0. The van der Waals surface area contributed by atoms with E-state index >= 15 is 0 Å². The summed E-state index contributed by atoms with van der Waals surface area (Å²) in [4.78, 5) is 21.8. The molecule has 2 N–H and O–H groups in total. The zero-order valence-electron chi connectivity index (χ0n) is 14.2. The van der Waals surface area contributed by atoms with E-state index in [-0.39, 0.29) is 25.0 Å². The Morgan fingerprint density at radius 1 is 0.818 bits per heavy atom. The Morgan fingerprint density at radius 2 is 1.32 bits per heavy atom. The van der Waals surface area contributed by atoms with Gasteiger partial charge in [0.25, 0.3) is 0 Å². The first-order chi connectivity index (χ1) is 10.6. The first-order valence-corrected chi connectivity index (χ1v) is 8.97. The van der Waals surface area contributed by atoms with Crippen LogP contribution in [0.4, 0.5) is 0 Å². The molecule has 0 aromatic carbocycles. The van der Waals surface area contributed by atoms with Gasteiger partial charge in [-0.25, -0.2) is 0 Å². The Bertz CT molecular complexity index is 289. The summed E-state index contributed by atoms with van der Waals surface area (Å²) >= 11 is 0. The van der Waals surface area contributed by atoms with Crippen LogP contribution in [0.2, 0.25) is 0 Å². The van der Waals surface area contributed by atoms with Gasteiger partial charge in [0.15, 0.2) is 0 Å². The zero-order valence-corrected chi connectivity index (χ0v) is 14.2. The SMILES string of the molecule is CCCCCCCCCCCCC(O)CC(=O)CCC(=O)O. The summed E-state index contributed by atoms with van der Waals surface area (Å²) in [7, 11) is 0. The van der Waals surface area contributed by atoms with Crippen molar-refractivity contribution in [2.45, 2.75) is 103 Å². The van der Waals surface area contributed by atoms with Gasteiger partial charge in [-0.3, -0.25) is 9.59 Å². The normalized spacial score (nSPS) is 12.3. The molecule has 1 unspecified atom stereocenters. The third-order valence-electron chi connectivity index (χ3n) is 3.97. The molecule has 1 atom stereocenters. The minimum Gasteiger partial charge on any atom is -0.481 e. The third kappa shape index (κ3) is 15.5. The summed E-state index contributed by atoms with van der Waals surface area (Å²) in [6.07, 6.45) is 12.6. The average molecular weight is 314 g/mol. The number of aliphatic carboxylic acids is 1. The van der Waals surface area contributed by atoms with Gasteiger partial charge in [0.05, 0.1) is 12.5 Å². The molecule has 0 aliphatic carbocycles. The lowest BCUT2D eigenvalue weighted by Gasteiger charge is -2.09. The number of aliphatic hydroxyl groups is 1. The van der Waals surface area contributed by atoms with Gasteiger partial charge in [0.2, 0.25) is 0 Å². The summed E-state index contributed by atoms with van der Waals surface area (Å²) in [5.74, 6) is -1.11. The Balaban J connectivity index is 3.32. The molecule has 0 aromatic rings. The van der Waals surface area contributed by atoms with Gasteiger partial charge < -0.3 is 10.2 Å². The first-order valence-electron chi connectivity index (χ1n) is 8.97. The molecule has 0 aromatic heterocycles. The maximum absolute atomic E-state index is 11.4. The predicted molar refractivity (Wildman–Crippen MR) is 89.0 cm³/mol. The molecule has 4 nitrogen and oxygen atoms in total. The van der Waals surface area contributed by atoms with Crippen molar-refractivity contribution in [3.05, 3.63) is 0 Å². The van der Waals surface area contributed by atoms with Crippen molar-refractivity contribution >= 4 is 11.8 Å². The highest BCUT2D eigenvalue weighted by Crippen LogP contribution is 2.13. The monoisotopic (exact) mass is 314 g/mol. The fourth-order valence-electron chi connectivity index (χ4n) is 2.58. The smallest absolute Gasteiger partial charge is 0.303 e. The number of carbonyl (C=O) groups is 2. The number of rotatable bonds is 16. The van der Waals surface area contributed by atoms with Crippen molar-refractivity contribution in [3.8, 4) is 0 Å². The summed E-state index contributed by atoms with van der Waals surface area (Å²) in [5, 5.41) is 18.2. The quantitative estimate of drug-likeness (QED) is 0.412. The van der Waals surface area contributed by atoms with Gasteiger partial charge in [-0.2, -0.15) is 0 Å². The lowest BCUT2D eigenvalue weighted by Crippen LogP contribution is -2.14. The largest absolute Gasteiger partial charge is 0.481 e. The van der Waals surface area contributed by atoms with E-state index < -0.39 is 12.1 Å². The molecular formula is C18H34O4. The topological polar surface area (TPSA) is 74.6 Å². The first kappa shape index (κ1) is 21.1. The predicted octanol–water partition coefficient (Wildman–Crippen LogP) is 4.48. The summed E-state index contributed by atoms with van der Waals surface area (Å²) < 4.78 is 0. The third-order valence-corrected chi connectivity index (χ3v) is 3.97. The second-order valence-corrected chi connectivity index (χ2v) is 6.26. The van der Waals surface area contributed by atoms with E-state index in [4.69, 9.17) is 5.11 Å². The second-order valence-electron chi connectivity index (χ2n) is 6.26. The fraction of sp³-hybridized carbons (Fsp3) is 0.889. The lowest BCUT2D eigenvalue weighted by molar-refractivity contribution is -0.138. The maximum Gasteiger partial charge on any atom is 0.303 e. The van der Waals surface area contributed by atoms with E-state index in [9.17, 15) is 14.7 Å². The van der Waals surface area contributed by atoms with Crippen LogP contribution in [0.3, 0.4) is 0 Å². The van der Waals surface area contributed by atoms with Crippen molar-refractivity contribution in [2.24, 2.45) is 0 Å². The van der Waals surface area contributed by atoms with Crippen LogP contribution in [-0.4, -0.2) is 28.1 Å². The molecule has 0 aliphatic rings. The molecule has 0 spiro atoms. The van der Waals surface area contributed by atoms with Crippen LogP contribution >= 0.6 is 0 Å². The zero-order chi connectivity index (χ0) is 16.6. The van der Waals surface area contributed by atoms with E-state index in [0.29, 0.717) is 6.42 Å². The molecule has 0 radical (unpaired) electrons. The molecule has 0 saturated heterocycles. The number of Topliss-reactive ketones (excluding diaryl/α,β-unsaturated/α-hetero) is 1. The minimum absolute atomic E-state index is 0.0322. The van der Waals surface area contributed by atoms with Crippen molar-refractivity contribution in [3.63, 3.8) is 0 Å². The molecule has 0 aliphatic heterocycles. The van der Waals surface area contributed by atoms with E-state index in [1.165, 1.54) is 51.4 Å². The molecule has 0 rings (SSSR count). The van der Waals surface area contributed by atoms with E-state index in [1.54, 1.807) is 0 Å². The van der Waals surface area contributed by atoms with Crippen LogP contribution in [-0.2, 0) is 9.59 Å². The number of ketones is 1. The Kier molecular flexibility index (Phi) is 14.4. The van der Waals surface area contributed by atoms with Gasteiger partial charge >= 0.3 is 5.97 Å². The van der Waals surface area contributed by atoms with Crippen LogP contribution < -0.4 is 0 Å². The summed E-state index contributed by atoms with van der Waals surface area (Å²) in [5.41, 5.74) is 0. The standard InChI is InChI=1S/C18H34O4/c1-2-3-4-5-6-7-8-9-10-11-12-16(19)15-17(20)13-14-18(21)22/h16,19H,2-15H2,1H3,(H,21,22). The molecule has 0 fully saturated rings. The Morgan fingerprint density at radius 3 is 1.82 bits per heavy atom. The number of carboxylic acid groups (broad SMARTS) is 1. The molecule has 0 bridgehead atoms. The number of carbonyl (C=O) groups excluding carboxylic acids is 1. The number of hydrogen-bond acceptors (Lipinski definition) is 3. The fourth-order valence-corrected chi connectivity index (χ4v) is 2.58. The van der Waals surface area contributed by atoms with Crippen LogP contribution in [0.15, 0.2) is 0 Å². The maximum atomic E-state index is 11.4. The number of aliphatic hydroxyl groups excluding tert-OH is 1. The number of carboxylic acids is 1. The van der Waals surface area contributed by atoms with Crippen molar-refractivity contribution in [1.29, 1.82) is 0 Å². The molecule has 22 heavy (non-hydrogen) atoms. The van der Waals surface area contributed by atoms with Crippen LogP contribution in [0.25, 0.3) is 0 Å². The molecule has 0 saturated carbocycles. The van der Waals surface area contributed by atoms with Gasteiger partial charge in [-0.1, -0.05) is 71.1 Å². The summed E-state index contributed by atoms with van der Waals surface area (Å²) in [6.45, 7) is 2.23. The van der Waals surface area contributed by atoms with Crippen LogP contribution in [0.5, 0.6) is 0 Å². The van der Waals surface area contributed by atoms with Gasteiger partial charge in [0.1, 0.15) is 5.78 Å².